The number of aliphatic imine (C=N–C) groups is 1. The Labute approximate surface area is 156 Å². The van der Waals surface area contributed by atoms with Crippen molar-refractivity contribution in [2.45, 2.75) is 40.7 Å². The van der Waals surface area contributed by atoms with E-state index in [1.165, 1.54) is 5.56 Å². The molecule has 0 aliphatic heterocycles. The number of benzene rings is 2. The second-order valence-corrected chi connectivity index (χ2v) is 6.52. The van der Waals surface area contributed by atoms with Crippen molar-refractivity contribution in [2.24, 2.45) is 4.99 Å². The van der Waals surface area contributed by atoms with Gasteiger partial charge >= 0.3 is 5.97 Å². The number of hydrogen-bond acceptors (Lipinski definition) is 3. The lowest BCUT2D eigenvalue weighted by Gasteiger charge is -2.12. The molecule has 0 bridgehead atoms. The zero-order valence-corrected chi connectivity index (χ0v) is 16.4. The predicted octanol–water partition coefficient (Wildman–Crippen LogP) is 4.83. The highest BCUT2D eigenvalue weighted by Crippen LogP contribution is 2.24. The molecule has 2 aromatic rings. The summed E-state index contributed by atoms with van der Waals surface area (Å²) in [6.07, 6.45) is 2.81. The second kappa shape index (κ2) is 9.18. The summed E-state index contributed by atoms with van der Waals surface area (Å²) in [5.41, 5.74) is 5.55. The number of ether oxygens (including phenoxy) is 1. The largest absolute Gasteiger partial charge is 0.457 e. The van der Waals surface area contributed by atoms with Gasteiger partial charge in [-0.25, -0.2) is 9.79 Å². The van der Waals surface area contributed by atoms with E-state index in [-0.39, 0.29) is 12.6 Å². The molecule has 0 radical (unpaired) electrons. The van der Waals surface area contributed by atoms with Gasteiger partial charge in [-0.1, -0.05) is 31.2 Å². The van der Waals surface area contributed by atoms with Crippen LogP contribution in [0.5, 0.6) is 0 Å². The molecule has 4 nitrogen and oxygen atoms in total. The monoisotopic (exact) mass is 352 g/mol. The maximum absolute atomic E-state index is 12.5. The van der Waals surface area contributed by atoms with Gasteiger partial charge in [0.2, 0.25) is 0 Å². The Morgan fingerprint density at radius 1 is 1.08 bits per heavy atom. The molecule has 2 aromatic carbocycles. The van der Waals surface area contributed by atoms with Crippen molar-refractivity contribution >= 4 is 18.0 Å². The number of carbonyl (C=O) groups excluding carboxylic acids is 1. The number of rotatable bonds is 7. The van der Waals surface area contributed by atoms with Gasteiger partial charge in [0.25, 0.3) is 0 Å². The van der Waals surface area contributed by atoms with E-state index in [1.54, 1.807) is 6.34 Å². The third-order valence-corrected chi connectivity index (χ3v) is 4.46. The Hall–Kier alpha value is -2.62. The molecule has 0 saturated carbocycles. The Balaban J connectivity index is 2.08. The lowest BCUT2D eigenvalue weighted by molar-refractivity contribution is 0.0472. The van der Waals surface area contributed by atoms with Crippen LogP contribution in [0.25, 0.3) is 0 Å². The molecule has 4 heteroatoms. The van der Waals surface area contributed by atoms with E-state index in [4.69, 9.17) is 4.74 Å². The molecule has 0 aliphatic carbocycles. The van der Waals surface area contributed by atoms with Crippen molar-refractivity contribution in [3.8, 4) is 0 Å². The number of esters is 1. The molecule has 0 aliphatic rings. The van der Waals surface area contributed by atoms with Gasteiger partial charge in [-0.05, 0) is 61.6 Å². The van der Waals surface area contributed by atoms with Crippen LogP contribution in [0.3, 0.4) is 0 Å². The average Bonchev–Trinajstić information content (AvgIpc) is 2.66. The smallest absolute Gasteiger partial charge is 0.338 e. The van der Waals surface area contributed by atoms with Gasteiger partial charge in [-0.15, -0.1) is 0 Å². The summed E-state index contributed by atoms with van der Waals surface area (Å²) < 4.78 is 5.49. The fourth-order valence-electron chi connectivity index (χ4n) is 2.50. The molecule has 0 atom stereocenters. The summed E-state index contributed by atoms with van der Waals surface area (Å²) in [5, 5.41) is 0. The van der Waals surface area contributed by atoms with Crippen LogP contribution in [-0.2, 0) is 17.8 Å². The van der Waals surface area contributed by atoms with Crippen molar-refractivity contribution in [3.05, 3.63) is 64.2 Å². The third kappa shape index (κ3) is 5.19. The molecule has 0 saturated heterocycles. The van der Waals surface area contributed by atoms with Gasteiger partial charge in [-0.3, -0.25) is 0 Å². The fourth-order valence-corrected chi connectivity index (χ4v) is 2.50. The number of nitrogens with zero attached hydrogens (tertiary/aromatic N) is 2. The first-order valence-corrected chi connectivity index (χ1v) is 9.05. The van der Waals surface area contributed by atoms with Crippen LogP contribution in [-0.4, -0.2) is 30.8 Å². The molecule has 0 amide bonds. The molecule has 0 heterocycles. The van der Waals surface area contributed by atoms with Crippen molar-refractivity contribution in [2.75, 3.05) is 13.6 Å². The SMILES string of the molecule is CCc1ccc(COC(=O)c2cc(C)c(/N=C/N(C)CC)cc2C)cc1. The van der Waals surface area contributed by atoms with E-state index < -0.39 is 0 Å². The van der Waals surface area contributed by atoms with Crippen LogP contribution < -0.4 is 0 Å². The van der Waals surface area contributed by atoms with E-state index in [2.05, 4.69) is 31.0 Å². The molecule has 2 rings (SSSR count). The molecular formula is C22H28N2O2. The van der Waals surface area contributed by atoms with E-state index in [0.29, 0.717) is 5.56 Å². The van der Waals surface area contributed by atoms with Gasteiger partial charge in [0.1, 0.15) is 6.61 Å². The van der Waals surface area contributed by atoms with E-state index in [1.807, 2.05) is 50.1 Å². The van der Waals surface area contributed by atoms with Gasteiger partial charge in [-0.2, -0.15) is 0 Å². The van der Waals surface area contributed by atoms with Crippen LogP contribution in [0, 0.1) is 13.8 Å². The van der Waals surface area contributed by atoms with Crippen molar-refractivity contribution < 1.29 is 9.53 Å². The van der Waals surface area contributed by atoms with E-state index in [0.717, 1.165) is 35.3 Å². The van der Waals surface area contributed by atoms with E-state index >= 15 is 0 Å². The molecule has 0 spiro atoms. The summed E-state index contributed by atoms with van der Waals surface area (Å²) >= 11 is 0. The van der Waals surface area contributed by atoms with E-state index in [9.17, 15) is 4.79 Å². The first-order valence-electron chi connectivity index (χ1n) is 9.05. The Bertz CT molecular complexity index is 779. The minimum absolute atomic E-state index is 0.280. The molecule has 138 valence electrons. The first kappa shape index (κ1) is 19.7. The number of aryl methyl sites for hydroxylation is 3. The van der Waals surface area contributed by atoms with Gasteiger partial charge < -0.3 is 9.64 Å². The Morgan fingerprint density at radius 3 is 2.35 bits per heavy atom. The highest BCUT2D eigenvalue weighted by atomic mass is 16.5. The lowest BCUT2D eigenvalue weighted by Crippen LogP contribution is -2.14. The third-order valence-electron chi connectivity index (χ3n) is 4.46. The minimum atomic E-state index is -0.300. The summed E-state index contributed by atoms with van der Waals surface area (Å²) in [6.45, 7) is 9.23. The van der Waals surface area contributed by atoms with Crippen LogP contribution in [0.2, 0.25) is 0 Å². The first-order chi connectivity index (χ1) is 12.4. The summed E-state index contributed by atoms with van der Waals surface area (Å²) in [7, 11) is 1.98. The molecule has 0 aromatic heterocycles. The fraction of sp³-hybridized carbons (Fsp3) is 0.364. The standard InChI is InChI=1S/C22H28N2O2/c1-6-18-8-10-19(11-9-18)14-26-22(25)20-12-17(4)21(13-16(20)3)23-15-24(5)7-2/h8-13,15H,6-7,14H2,1-5H3/b23-15+. The highest BCUT2D eigenvalue weighted by Gasteiger charge is 2.13. The normalized spacial score (nSPS) is 11.0. The quantitative estimate of drug-likeness (QED) is 0.407. The van der Waals surface area contributed by atoms with Crippen LogP contribution in [0.1, 0.15) is 46.5 Å². The minimum Gasteiger partial charge on any atom is -0.457 e. The summed E-state index contributed by atoms with van der Waals surface area (Å²) in [6, 6.07) is 11.9. The summed E-state index contributed by atoms with van der Waals surface area (Å²) in [5.74, 6) is -0.300. The van der Waals surface area contributed by atoms with Gasteiger partial charge in [0.15, 0.2) is 0 Å². The lowest BCUT2D eigenvalue weighted by atomic mass is 10.0. The van der Waals surface area contributed by atoms with Crippen molar-refractivity contribution in [3.63, 3.8) is 0 Å². The highest BCUT2D eigenvalue weighted by molar-refractivity contribution is 5.92. The zero-order chi connectivity index (χ0) is 19.1. The molecular weight excluding hydrogens is 324 g/mol. The number of carbonyl (C=O) groups is 1. The zero-order valence-electron chi connectivity index (χ0n) is 16.4. The van der Waals surface area contributed by atoms with Gasteiger partial charge in [0.05, 0.1) is 17.6 Å². The second-order valence-electron chi connectivity index (χ2n) is 6.52. The van der Waals surface area contributed by atoms with Crippen LogP contribution in [0.4, 0.5) is 5.69 Å². The topological polar surface area (TPSA) is 41.9 Å². The predicted molar refractivity (Wildman–Crippen MR) is 107 cm³/mol. The van der Waals surface area contributed by atoms with Crippen LogP contribution >= 0.6 is 0 Å². The number of hydrogen-bond donors (Lipinski definition) is 0. The molecule has 26 heavy (non-hydrogen) atoms. The molecule has 0 N–H and O–H groups in total. The molecule has 0 unspecified atom stereocenters. The maximum atomic E-state index is 12.5. The molecule has 0 fully saturated rings. The van der Waals surface area contributed by atoms with Crippen molar-refractivity contribution in [1.29, 1.82) is 0 Å². The summed E-state index contributed by atoms with van der Waals surface area (Å²) in [4.78, 5) is 19.0. The van der Waals surface area contributed by atoms with Crippen LogP contribution in [0.15, 0.2) is 41.4 Å². The Kier molecular flexibility index (Phi) is 6.96. The Morgan fingerprint density at radius 2 is 1.73 bits per heavy atom. The average molecular weight is 352 g/mol. The maximum Gasteiger partial charge on any atom is 0.338 e. The van der Waals surface area contributed by atoms with Gasteiger partial charge in [0, 0.05) is 13.6 Å². The van der Waals surface area contributed by atoms with Crippen molar-refractivity contribution in [1.82, 2.24) is 4.90 Å².